The number of halogens is 2. The molecule has 8 nitrogen and oxygen atoms in total. The minimum atomic E-state index is -1.33. The van der Waals surface area contributed by atoms with Gasteiger partial charge in [0.15, 0.2) is 0 Å². The third-order valence-corrected chi connectivity index (χ3v) is 5.83. The summed E-state index contributed by atoms with van der Waals surface area (Å²) < 4.78 is 5.10. The molecule has 2 atom stereocenters. The van der Waals surface area contributed by atoms with E-state index in [2.05, 4.69) is 10.3 Å². The quantitative estimate of drug-likeness (QED) is 0.329. The standard InChI is InChI=1S/C21H19Cl2N3O5/c22-11-1-3-15-14(7-11)13-5-6-26(17(9-27)19(13)24-15)21(31-10-28)20(30)25-16-4-2-12(23)8-18(16)29/h1-4,7-8,10,17,21,24,27,29H,5-6,9H2,(H,25,30). The molecule has 2 heterocycles. The van der Waals surface area contributed by atoms with Crippen LogP contribution in [0.3, 0.4) is 0 Å². The number of aliphatic hydroxyl groups is 1. The summed E-state index contributed by atoms with van der Waals surface area (Å²) >= 11 is 12.0. The second kappa shape index (κ2) is 8.76. The molecule has 31 heavy (non-hydrogen) atoms. The molecule has 0 saturated heterocycles. The molecule has 162 valence electrons. The van der Waals surface area contributed by atoms with E-state index in [1.54, 1.807) is 11.0 Å². The lowest BCUT2D eigenvalue weighted by Gasteiger charge is -2.38. The summed E-state index contributed by atoms with van der Waals surface area (Å²) in [4.78, 5) is 29.0. The number of aromatic nitrogens is 1. The van der Waals surface area contributed by atoms with Gasteiger partial charge in [0.2, 0.25) is 6.23 Å². The third-order valence-electron chi connectivity index (χ3n) is 5.36. The molecule has 0 fully saturated rings. The number of nitrogens with zero attached hydrogens (tertiary/aromatic N) is 1. The first-order valence-corrected chi connectivity index (χ1v) is 10.2. The van der Waals surface area contributed by atoms with Crippen LogP contribution in [-0.4, -0.2) is 51.9 Å². The predicted octanol–water partition coefficient (Wildman–Crippen LogP) is 3.21. The average molecular weight is 464 g/mol. The molecule has 2 unspecified atom stereocenters. The fraction of sp³-hybridized carbons (Fsp3) is 0.238. The number of aromatic amines is 1. The summed E-state index contributed by atoms with van der Waals surface area (Å²) in [5.74, 6) is -0.899. The van der Waals surface area contributed by atoms with Crippen LogP contribution in [0.2, 0.25) is 10.0 Å². The maximum absolute atomic E-state index is 12.9. The van der Waals surface area contributed by atoms with E-state index in [0.717, 1.165) is 22.2 Å². The van der Waals surface area contributed by atoms with Gasteiger partial charge in [-0.1, -0.05) is 23.2 Å². The smallest absolute Gasteiger partial charge is 0.295 e. The Labute approximate surface area is 187 Å². The number of fused-ring (bicyclic) bond motifs is 3. The summed E-state index contributed by atoms with van der Waals surface area (Å²) in [5.41, 5.74) is 2.70. The van der Waals surface area contributed by atoms with Crippen LogP contribution >= 0.6 is 23.2 Å². The second-order valence-electron chi connectivity index (χ2n) is 7.13. The number of phenols is 1. The molecular weight excluding hydrogens is 445 g/mol. The highest BCUT2D eigenvalue weighted by Crippen LogP contribution is 2.37. The van der Waals surface area contributed by atoms with Gasteiger partial charge in [-0.3, -0.25) is 9.59 Å². The largest absolute Gasteiger partial charge is 0.506 e. The zero-order valence-corrected chi connectivity index (χ0v) is 17.7. The Morgan fingerprint density at radius 3 is 2.74 bits per heavy atom. The third kappa shape index (κ3) is 4.07. The van der Waals surface area contributed by atoms with Crippen LogP contribution in [0.4, 0.5) is 5.69 Å². The van der Waals surface area contributed by atoms with Crippen molar-refractivity contribution in [3.05, 3.63) is 57.7 Å². The van der Waals surface area contributed by atoms with Crippen LogP contribution in [0, 0.1) is 0 Å². The maximum atomic E-state index is 12.9. The molecule has 1 aliphatic rings. The van der Waals surface area contributed by atoms with Crippen LogP contribution in [0.1, 0.15) is 17.3 Å². The first-order valence-electron chi connectivity index (χ1n) is 9.48. The van der Waals surface area contributed by atoms with E-state index in [9.17, 15) is 19.8 Å². The SMILES string of the molecule is O=COC(C(=O)Nc1ccc(Cl)cc1O)N1CCc2c([nH]c3ccc(Cl)cc23)C1CO. The zero-order chi connectivity index (χ0) is 22.1. The second-order valence-corrected chi connectivity index (χ2v) is 8.00. The fourth-order valence-corrected chi connectivity index (χ4v) is 4.32. The number of aromatic hydroxyl groups is 1. The summed E-state index contributed by atoms with van der Waals surface area (Å²) in [6.07, 6.45) is -0.780. The normalized spacial score (nSPS) is 17.2. The number of ether oxygens (including phenoxy) is 1. The number of hydrogen-bond acceptors (Lipinski definition) is 6. The van der Waals surface area contributed by atoms with Crippen molar-refractivity contribution in [3.63, 3.8) is 0 Å². The van der Waals surface area contributed by atoms with Gasteiger partial charge in [0.25, 0.3) is 12.4 Å². The Kier molecular flexibility index (Phi) is 6.06. The molecule has 0 radical (unpaired) electrons. The van der Waals surface area contributed by atoms with Crippen LogP contribution in [-0.2, 0) is 20.7 Å². The molecule has 10 heteroatoms. The number of nitrogens with one attached hydrogen (secondary N) is 2. The van der Waals surface area contributed by atoms with Crippen LogP contribution in [0.5, 0.6) is 5.75 Å². The molecule has 1 aromatic heterocycles. The van der Waals surface area contributed by atoms with Gasteiger partial charge < -0.3 is 25.3 Å². The molecule has 4 N–H and O–H groups in total. The first kappa shape index (κ1) is 21.5. The van der Waals surface area contributed by atoms with Crippen molar-refractivity contribution in [2.45, 2.75) is 18.7 Å². The van der Waals surface area contributed by atoms with Gasteiger partial charge in [0, 0.05) is 39.3 Å². The lowest BCUT2D eigenvalue weighted by atomic mass is 9.97. The number of carbonyl (C=O) groups is 2. The van der Waals surface area contributed by atoms with Crippen molar-refractivity contribution in [2.75, 3.05) is 18.5 Å². The van der Waals surface area contributed by atoms with Crippen molar-refractivity contribution in [3.8, 4) is 5.75 Å². The minimum absolute atomic E-state index is 0.118. The van der Waals surface area contributed by atoms with Gasteiger partial charge in [0.1, 0.15) is 5.75 Å². The molecule has 1 amide bonds. The molecule has 0 bridgehead atoms. The molecule has 4 rings (SSSR count). The van der Waals surface area contributed by atoms with E-state index in [0.29, 0.717) is 23.0 Å². The number of rotatable bonds is 6. The van der Waals surface area contributed by atoms with Gasteiger partial charge >= 0.3 is 0 Å². The maximum Gasteiger partial charge on any atom is 0.295 e. The van der Waals surface area contributed by atoms with Gasteiger partial charge in [-0.05, 0) is 42.3 Å². The van der Waals surface area contributed by atoms with E-state index in [4.69, 9.17) is 27.9 Å². The summed E-state index contributed by atoms with van der Waals surface area (Å²) in [6, 6.07) is 9.08. The van der Waals surface area contributed by atoms with Gasteiger partial charge in [-0.15, -0.1) is 0 Å². The summed E-state index contributed by atoms with van der Waals surface area (Å²) in [7, 11) is 0. The highest BCUT2D eigenvalue weighted by atomic mass is 35.5. The first-order chi connectivity index (χ1) is 14.9. The highest BCUT2D eigenvalue weighted by Gasteiger charge is 2.38. The Morgan fingerprint density at radius 1 is 1.29 bits per heavy atom. The monoisotopic (exact) mass is 463 g/mol. The van der Waals surface area contributed by atoms with Gasteiger partial charge in [0.05, 0.1) is 18.3 Å². The van der Waals surface area contributed by atoms with Crippen molar-refractivity contribution < 1.29 is 24.5 Å². The highest BCUT2D eigenvalue weighted by molar-refractivity contribution is 6.31. The fourth-order valence-electron chi connectivity index (χ4n) is 3.98. The number of aliphatic hydroxyl groups excluding tert-OH is 1. The van der Waals surface area contributed by atoms with Crippen molar-refractivity contribution in [2.24, 2.45) is 0 Å². The van der Waals surface area contributed by atoms with E-state index in [1.165, 1.54) is 18.2 Å². The van der Waals surface area contributed by atoms with E-state index < -0.39 is 18.2 Å². The Hall–Kier alpha value is -2.78. The van der Waals surface area contributed by atoms with E-state index in [-0.39, 0.29) is 24.5 Å². The molecule has 0 saturated carbocycles. The zero-order valence-electron chi connectivity index (χ0n) is 16.1. The molecule has 1 aliphatic heterocycles. The topological polar surface area (TPSA) is 115 Å². The number of anilines is 1. The number of carbonyl (C=O) groups excluding carboxylic acids is 2. The number of benzene rings is 2. The van der Waals surface area contributed by atoms with E-state index in [1.807, 2.05) is 12.1 Å². The van der Waals surface area contributed by atoms with Crippen molar-refractivity contribution >= 4 is 52.2 Å². The number of H-pyrrole nitrogens is 1. The molecule has 0 spiro atoms. The van der Waals surface area contributed by atoms with Crippen LogP contribution in [0.15, 0.2) is 36.4 Å². The molecular formula is C21H19Cl2N3O5. The van der Waals surface area contributed by atoms with E-state index >= 15 is 0 Å². The van der Waals surface area contributed by atoms with Gasteiger partial charge in [-0.2, -0.15) is 0 Å². The molecule has 2 aromatic carbocycles. The number of amides is 1. The van der Waals surface area contributed by atoms with Crippen molar-refractivity contribution in [1.29, 1.82) is 0 Å². The van der Waals surface area contributed by atoms with Crippen LogP contribution in [0.25, 0.3) is 10.9 Å². The number of hydrogen-bond donors (Lipinski definition) is 4. The Balaban J connectivity index is 1.65. The summed E-state index contributed by atoms with van der Waals surface area (Å²) in [6.45, 7) is 0.211. The minimum Gasteiger partial charge on any atom is -0.506 e. The Bertz CT molecular complexity index is 1150. The Morgan fingerprint density at radius 2 is 2.03 bits per heavy atom. The molecule has 0 aliphatic carbocycles. The average Bonchev–Trinajstić information content (AvgIpc) is 3.11. The van der Waals surface area contributed by atoms with Crippen LogP contribution < -0.4 is 5.32 Å². The summed E-state index contributed by atoms with van der Waals surface area (Å²) in [5, 5.41) is 24.5. The van der Waals surface area contributed by atoms with Crippen molar-refractivity contribution in [1.82, 2.24) is 9.88 Å². The lowest BCUT2D eigenvalue weighted by Crippen LogP contribution is -2.51. The lowest BCUT2D eigenvalue weighted by molar-refractivity contribution is -0.159. The number of phenolic OH excluding ortho intramolecular Hbond substituents is 1. The molecule has 3 aromatic rings. The predicted molar refractivity (Wildman–Crippen MR) is 116 cm³/mol. The van der Waals surface area contributed by atoms with Gasteiger partial charge in [-0.25, -0.2) is 4.90 Å².